The summed E-state index contributed by atoms with van der Waals surface area (Å²) in [6, 6.07) is 15.7. The summed E-state index contributed by atoms with van der Waals surface area (Å²) < 4.78 is 0. The van der Waals surface area contributed by atoms with E-state index in [1.807, 2.05) is 56.3 Å². The van der Waals surface area contributed by atoms with E-state index >= 15 is 0 Å². The van der Waals surface area contributed by atoms with Crippen molar-refractivity contribution in [3.63, 3.8) is 0 Å². The van der Waals surface area contributed by atoms with Gasteiger partial charge in [-0.25, -0.2) is 0 Å². The Morgan fingerprint density at radius 3 is 2.21 bits per heavy atom. The minimum absolute atomic E-state index is 0.0347. The molecule has 2 unspecified atom stereocenters. The molecule has 1 aliphatic rings. The lowest BCUT2D eigenvalue weighted by Gasteiger charge is -2.22. The Kier molecular flexibility index (Phi) is 6.57. The molecular formula is C24H31N3O2. The fourth-order valence-electron chi connectivity index (χ4n) is 3.83. The lowest BCUT2D eigenvalue weighted by atomic mass is 10.1. The largest absolute Gasteiger partial charge is 0.372 e. The molecule has 5 heteroatoms. The molecule has 1 N–H and O–H groups in total. The fraction of sp³-hybridized carbons (Fsp3) is 0.417. The summed E-state index contributed by atoms with van der Waals surface area (Å²) in [5, 5.41) is 3.03. The van der Waals surface area contributed by atoms with Gasteiger partial charge in [0.2, 0.25) is 11.8 Å². The summed E-state index contributed by atoms with van der Waals surface area (Å²) in [5.74, 6) is -0.508. The smallest absolute Gasteiger partial charge is 0.230 e. The Labute approximate surface area is 173 Å². The number of benzene rings is 2. The molecule has 3 rings (SSSR count). The van der Waals surface area contributed by atoms with Crippen LogP contribution in [0.2, 0.25) is 0 Å². The van der Waals surface area contributed by atoms with E-state index in [0.717, 1.165) is 35.7 Å². The van der Waals surface area contributed by atoms with Crippen LogP contribution in [-0.4, -0.2) is 31.4 Å². The van der Waals surface area contributed by atoms with Gasteiger partial charge in [0.1, 0.15) is 0 Å². The number of hydrogen-bond acceptors (Lipinski definition) is 3. The predicted octanol–water partition coefficient (Wildman–Crippen LogP) is 4.47. The second-order valence-electron chi connectivity index (χ2n) is 7.53. The second kappa shape index (κ2) is 9.12. The van der Waals surface area contributed by atoms with E-state index in [1.165, 1.54) is 0 Å². The van der Waals surface area contributed by atoms with Crippen molar-refractivity contribution in [2.24, 2.45) is 11.8 Å². The lowest BCUT2D eigenvalue weighted by Crippen LogP contribution is -2.33. The molecule has 1 aliphatic carbocycles. The maximum atomic E-state index is 12.9. The molecule has 29 heavy (non-hydrogen) atoms. The quantitative estimate of drug-likeness (QED) is 0.720. The first-order valence-corrected chi connectivity index (χ1v) is 10.5. The molecule has 1 fully saturated rings. The summed E-state index contributed by atoms with van der Waals surface area (Å²) in [4.78, 5) is 29.7. The van der Waals surface area contributed by atoms with Crippen molar-refractivity contribution >= 4 is 28.9 Å². The number of nitrogens with one attached hydrogen (secondary N) is 1. The SMILES string of the molecule is CCN(CC)c1ccc(NC(=O)C2CC2C(=O)N(CC)c2ccccc2)c(C)c1. The van der Waals surface area contributed by atoms with E-state index in [4.69, 9.17) is 0 Å². The number of hydrogen-bond donors (Lipinski definition) is 1. The Balaban J connectivity index is 1.63. The molecule has 0 spiro atoms. The number of carbonyl (C=O) groups is 2. The molecule has 5 nitrogen and oxygen atoms in total. The summed E-state index contributed by atoms with van der Waals surface area (Å²) in [6.07, 6.45) is 0.616. The molecule has 0 saturated heterocycles. The highest BCUT2D eigenvalue weighted by Gasteiger charge is 2.49. The third-order valence-electron chi connectivity index (χ3n) is 5.69. The molecule has 0 aromatic heterocycles. The number of aryl methyl sites for hydroxylation is 1. The first kappa shape index (κ1) is 20.9. The van der Waals surface area contributed by atoms with Crippen LogP contribution in [0.25, 0.3) is 0 Å². The van der Waals surface area contributed by atoms with Crippen molar-refractivity contribution in [1.82, 2.24) is 0 Å². The van der Waals surface area contributed by atoms with Gasteiger partial charge in [0, 0.05) is 36.7 Å². The zero-order chi connectivity index (χ0) is 21.0. The highest BCUT2D eigenvalue weighted by Crippen LogP contribution is 2.41. The average Bonchev–Trinajstić information content (AvgIpc) is 3.53. The van der Waals surface area contributed by atoms with Crippen LogP contribution in [0.15, 0.2) is 48.5 Å². The fourth-order valence-corrected chi connectivity index (χ4v) is 3.83. The van der Waals surface area contributed by atoms with Crippen LogP contribution in [0.3, 0.4) is 0 Å². The zero-order valence-electron chi connectivity index (χ0n) is 17.8. The maximum absolute atomic E-state index is 12.9. The molecule has 0 heterocycles. The predicted molar refractivity (Wildman–Crippen MR) is 119 cm³/mol. The topological polar surface area (TPSA) is 52.7 Å². The Morgan fingerprint density at radius 2 is 1.62 bits per heavy atom. The highest BCUT2D eigenvalue weighted by molar-refractivity contribution is 6.04. The number of amides is 2. The number of para-hydroxylation sites is 1. The number of anilines is 3. The van der Waals surface area contributed by atoms with Crippen molar-refractivity contribution in [1.29, 1.82) is 0 Å². The summed E-state index contributed by atoms with van der Waals surface area (Å²) in [5.41, 5.74) is 3.89. The van der Waals surface area contributed by atoms with Gasteiger partial charge >= 0.3 is 0 Å². The summed E-state index contributed by atoms with van der Waals surface area (Å²) in [7, 11) is 0. The van der Waals surface area contributed by atoms with Crippen LogP contribution < -0.4 is 15.1 Å². The monoisotopic (exact) mass is 393 g/mol. The molecule has 0 radical (unpaired) electrons. The van der Waals surface area contributed by atoms with E-state index in [2.05, 4.69) is 30.1 Å². The van der Waals surface area contributed by atoms with E-state index in [-0.39, 0.29) is 23.7 Å². The summed E-state index contributed by atoms with van der Waals surface area (Å²) >= 11 is 0. The number of rotatable bonds is 8. The Hall–Kier alpha value is -2.82. The van der Waals surface area contributed by atoms with Crippen LogP contribution in [0.1, 0.15) is 32.8 Å². The van der Waals surface area contributed by atoms with Gasteiger partial charge < -0.3 is 15.1 Å². The number of carbonyl (C=O) groups excluding carboxylic acids is 2. The highest BCUT2D eigenvalue weighted by atomic mass is 16.2. The van der Waals surface area contributed by atoms with Gasteiger partial charge in [-0.05, 0) is 70.0 Å². The molecule has 2 aromatic rings. The van der Waals surface area contributed by atoms with Crippen LogP contribution in [-0.2, 0) is 9.59 Å². The van der Waals surface area contributed by atoms with E-state index in [1.54, 1.807) is 4.90 Å². The Morgan fingerprint density at radius 1 is 0.931 bits per heavy atom. The van der Waals surface area contributed by atoms with E-state index in [0.29, 0.717) is 13.0 Å². The van der Waals surface area contributed by atoms with Gasteiger partial charge in [-0.1, -0.05) is 18.2 Å². The number of nitrogens with zero attached hydrogens (tertiary/aromatic N) is 2. The molecule has 0 bridgehead atoms. The van der Waals surface area contributed by atoms with Crippen LogP contribution >= 0.6 is 0 Å². The molecular weight excluding hydrogens is 362 g/mol. The van der Waals surface area contributed by atoms with Crippen molar-refractivity contribution in [3.05, 3.63) is 54.1 Å². The van der Waals surface area contributed by atoms with Crippen molar-refractivity contribution < 1.29 is 9.59 Å². The summed E-state index contributed by atoms with van der Waals surface area (Å²) in [6.45, 7) is 10.7. The van der Waals surface area contributed by atoms with Gasteiger partial charge in [0.25, 0.3) is 0 Å². The molecule has 154 valence electrons. The molecule has 0 aliphatic heterocycles. The van der Waals surface area contributed by atoms with Crippen LogP contribution in [0.4, 0.5) is 17.1 Å². The first-order valence-electron chi connectivity index (χ1n) is 10.5. The average molecular weight is 394 g/mol. The molecule has 2 aromatic carbocycles. The van der Waals surface area contributed by atoms with Crippen molar-refractivity contribution in [2.45, 2.75) is 34.1 Å². The molecule has 2 amide bonds. The third-order valence-corrected chi connectivity index (χ3v) is 5.69. The van der Waals surface area contributed by atoms with Gasteiger partial charge in [-0.15, -0.1) is 0 Å². The maximum Gasteiger partial charge on any atom is 0.230 e. The van der Waals surface area contributed by atoms with Gasteiger partial charge in [0.05, 0.1) is 11.8 Å². The van der Waals surface area contributed by atoms with Gasteiger partial charge in [-0.3, -0.25) is 9.59 Å². The zero-order valence-corrected chi connectivity index (χ0v) is 17.8. The van der Waals surface area contributed by atoms with E-state index < -0.39 is 0 Å². The Bertz CT molecular complexity index is 862. The van der Waals surface area contributed by atoms with Crippen LogP contribution in [0.5, 0.6) is 0 Å². The van der Waals surface area contributed by atoms with Crippen molar-refractivity contribution in [2.75, 3.05) is 34.8 Å². The van der Waals surface area contributed by atoms with Gasteiger partial charge in [-0.2, -0.15) is 0 Å². The standard InChI is InChI=1S/C24H31N3O2/c1-5-26(6-2)19-13-14-22(17(4)15-19)25-23(28)20-16-21(20)24(29)27(7-3)18-11-9-8-10-12-18/h8-15,20-21H,5-7,16H2,1-4H3,(H,25,28). The van der Waals surface area contributed by atoms with Crippen LogP contribution in [0, 0.1) is 18.8 Å². The second-order valence-corrected chi connectivity index (χ2v) is 7.53. The van der Waals surface area contributed by atoms with Crippen molar-refractivity contribution in [3.8, 4) is 0 Å². The van der Waals surface area contributed by atoms with E-state index in [9.17, 15) is 9.59 Å². The normalized spacial score (nSPS) is 17.5. The lowest BCUT2D eigenvalue weighted by molar-refractivity contribution is -0.123. The first-order chi connectivity index (χ1) is 14.0. The molecule has 2 atom stereocenters. The minimum Gasteiger partial charge on any atom is -0.372 e. The third kappa shape index (κ3) is 4.61. The van der Waals surface area contributed by atoms with Gasteiger partial charge in [0.15, 0.2) is 0 Å². The minimum atomic E-state index is -0.248. The molecule has 1 saturated carbocycles.